The minimum absolute atomic E-state index is 0.0238. The standard InChI is InChI=1S/C18H32N2O4S/c1-15(2)5-10-20-11-8-18(9-12-20)7-4-16(24-18)14-19-17(21)6-13-25(3,22)23/h5,16H,4,6-14H2,1-3H3,(H,19,21). The molecule has 0 aromatic carbocycles. The van der Waals surface area contributed by atoms with Gasteiger partial charge in [-0.15, -0.1) is 0 Å². The number of hydrogen-bond donors (Lipinski definition) is 1. The van der Waals surface area contributed by atoms with Crippen LogP contribution in [0.4, 0.5) is 0 Å². The topological polar surface area (TPSA) is 75.7 Å². The Balaban J connectivity index is 1.69. The van der Waals surface area contributed by atoms with Gasteiger partial charge in [-0.05, 0) is 39.5 Å². The van der Waals surface area contributed by atoms with Crippen molar-refractivity contribution in [1.82, 2.24) is 10.2 Å². The van der Waals surface area contributed by atoms with Crippen molar-refractivity contribution in [3.63, 3.8) is 0 Å². The molecule has 1 atom stereocenters. The molecule has 2 aliphatic heterocycles. The molecule has 0 bridgehead atoms. The third kappa shape index (κ3) is 7.07. The first-order valence-electron chi connectivity index (χ1n) is 9.15. The summed E-state index contributed by atoms with van der Waals surface area (Å²) in [6.45, 7) is 7.85. The SMILES string of the molecule is CC(C)=CCN1CCC2(CCC(CNC(=O)CCS(C)(=O)=O)O2)CC1. The molecule has 0 saturated carbocycles. The summed E-state index contributed by atoms with van der Waals surface area (Å²) >= 11 is 0. The second-order valence-corrected chi connectivity index (χ2v) is 9.99. The van der Waals surface area contributed by atoms with Crippen molar-refractivity contribution < 1.29 is 17.9 Å². The highest BCUT2D eigenvalue weighted by Gasteiger charge is 2.42. The number of nitrogens with zero attached hydrogens (tertiary/aromatic N) is 1. The average molecular weight is 373 g/mol. The van der Waals surface area contributed by atoms with Gasteiger partial charge in [0, 0.05) is 38.9 Å². The molecule has 144 valence electrons. The zero-order chi connectivity index (χ0) is 18.5. The summed E-state index contributed by atoms with van der Waals surface area (Å²) in [5.41, 5.74) is 1.33. The van der Waals surface area contributed by atoms with Gasteiger partial charge in [-0.25, -0.2) is 8.42 Å². The summed E-state index contributed by atoms with van der Waals surface area (Å²) < 4.78 is 28.5. The fourth-order valence-corrected chi connectivity index (χ4v) is 4.01. The van der Waals surface area contributed by atoms with Gasteiger partial charge in [0.1, 0.15) is 9.84 Å². The Hall–Kier alpha value is -0.920. The molecule has 2 saturated heterocycles. The van der Waals surface area contributed by atoms with Crippen LogP contribution in [0.25, 0.3) is 0 Å². The molecule has 1 amide bonds. The van der Waals surface area contributed by atoms with E-state index in [0.29, 0.717) is 6.54 Å². The first-order valence-corrected chi connectivity index (χ1v) is 11.2. The molecule has 25 heavy (non-hydrogen) atoms. The van der Waals surface area contributed by atoms with Crippen LogP contribution >= 0.6 is 0 Å². The smallest absolute Gasteiger partial charge is 0.221 e. The molecule has 1 spiro atoms. The quantitative estimate of drug-likeness (QED) is 0.686. The zero-order valence-electron chi connectivity index (χ0n) is 15.7. The number of carbonyl (C=O) groups excluding carboxylic acids is 1. The monoisotopic (exact) mass is 372 g/mol. The molecular formula is C18H32N2O4S. The number of likely N-dealkylation sites (tertiary alicyclic amines) is 1. The molecule has 2 heterocycles. The number of carbonyl (C=O) groups is 1. The highest BCUT2D eigenvalue weighted by Crippen LogP contribution is 2.38. The van der Waals surface area contributed by atoms with E-state index in [1.165, 1.54) is 5.57 Å². The maximum Gasteiger partial charge on any atom is 0.221 e. The number of nitrogens with one attached hydrogen (secondary N) is 1. The first-order chi connectivity index (χ1) is 11.7. The van der Waals surface area contributed by atoms with Crippen molar-refractivity contribution in [3.8, 4) is 0 Å². The van der Waals surface area contributed by atoms with Gasteiger partial charge >= 0.3 is 0 Å². The van der Waals surface area contributed by atoms with E-state index in [4.69, 9.17) is 4.74 Å². The number of sulfone groups is 1. The normalized spacial score (nSPS) is 23.6. The molecule has 6 nitrogen and oxygen atoms in total. The van der Waals surface area contributed by atoms with Crippen molar-refractivity contribution in [3.05, 3.63) is 11.6 Å². The zero-order valence-corrected chi connectivity index (χ0v) is 16.5. The summed E-state index contributed by atoms with van der Waals surface area (Å²) in [7, 11) is -3.10. The van der Waals surface area contributed by atoms with Gasteiger partial charge in [0.2, 0.25) is 5.91 Å². The van der Waals surface area contributed by atoms with E-state index in [0.717, 1.165) is 51.6 Å². The van der Waals surface area contributed by atoms with Gasteiger partial charge in [0.15, 0.2) is 0 Å². The van der Waals surface area contributed by atoms with Crippen LogP contribution in [-0.4, -0.2) is 69.1 Å². The van der Waals surface area contributed by atoms with E-state index >= 15 is 0 Å². The van der Waals surface area contributed by atoms with Crippen LogP contribution in [0, 0.1) is 0 Å². The van der Waals surface area contributed by atoms with E-state index < -0.39 is 9.84 Å². The number of ether oxygens (including phenoxy) is 1. The van der Waals surface area contributed by atoms with E-state index in [2.05, 4.69) is 30.1 Å². The number of piperidine rings is 1. The second kappa shape index (κ2) is 8.64. The highest BCUT2D eigenvalue weighted by atomic mass is 32.2. The molecule has 0 aliphatic carbocycles. The first kappa shape index (κ1) is 20.4. The van der Waals surface area contributed by atoms with Crippen LogP contribution in [0.15, 0.2) is 11.6 Å². The second-order valence-electron chi connectivity index (χ2n) is 7.73. The van der Waals surface area contributed by atoms with Gasteiger partial charge in [-0.1, -0.05) is 11.6 Å². The Bertz CT molecular complexity index is 588. The van der Waals surface area contributed by atoms with Crippen molar-refractivity contribution >= 4 is 15.7 Å². The maximum absolute atomic E-state index is 11.7. The van der Waals surface area contributed by atoms with Gasteiger partial charge in [0.25, 0.3) is 0 Å². The van der Waals surface area contributed by atoms with Crippen molar-refractivity contribution in [2.45, 2.75) is 57.7 Å². The lowest BCUT2D eigenvalue weighted by Crippen LogP contribution is -2.45. The number of amides is 1. The third-order valence-corrected chi connectivity index (χ3v) is 6.04. The molecule has 1 unspecified atom stereocenters. The molecule has 2 aliphatic rings. The lowest BCUT2D eigenvalue weighted by Gasteiger charge is -2.39. The molecule has 7 heteroatoms. The fourth-order valence-electron chi connectivity index (χ4n) is 3.46. The highest BCUT2D eigenvalue weighted by molar-refractivity contribution is 7.90. The van der Waals surface area contributed by atoms with E-state index in [1.54, 1.807) is 0 Å². The van der Waals surface area contributed by atoms with Gasteiger partial charge < -0.3 is 10.1 Å². The number of allylic oxidation sites excluding steroid dienone is 1. The molecular weight excluding hydrogens is 340 g/mol. The van der Waals surface area contributed by atoms with Gasteiger partial charge in [0.05, 0.1) is 17.5 Å². The largest absolute Gasteiger partial charge is 0.370 e. The lowest BCUT2D eigenvalue weighted by atomic mass is 9.88. The maximum atomic E-state index is 11.7. The molecule has 2 fully saturated rings. The molecule has 0 aromatic rings. The van der Waals surface area contributed by atoms with Crippen LogP contribution in [0.5, 0.6) is 0 Å². The van der Waals surface area contributed by atoms with Gasteiger partial charge in [-0.2, -0.15) is 0 Å². The van der Waals surface area contributed by atoms with Crippen molar-refractivity contribution in [2.75, 3.05) is 38.2 Å². The summed E-state index contributed by atoms with van der Waals surface area (Å²) in [5, 5.41) is 2.81. The van der Waals surface area contributed by atoms with Crippen molar-refractivity contribution in [2.24, 2.45) is 0 Å². The number of rotatable bonds is 7. The molecule has 0 radical (unpaired) electrons. The minimum atomic E-state index is -3.10. The molecule has 2 rings (SSSR count). The van der Waals surface area contributed by atoms with E-state index in [1.807, 2.05) is 0 Å². The summed E-state index contributed by atoms with van der Waals surface area (Å²) in [6, 6.07) is 0. The van der Waals surface area contributed by atoms with Crippen LogP contribution in [0.2, 0.25) is 0 Å². The van der Waals surface area contributed by atoms with E-state index in [-0.39, 0.29) is 29.8 Å². The van der Waals surface area contributed by atoms with Crippen LogP contribution < -0.4 is 5.32 Å². The Morgan fingerprint density at radius 3 is 2.56 bits per heavy atom. The fraction of sp³-hybridized carbons (Fsp3) is 0.833. The third-order valence-electron chi connectivity index (χ3n) is 5.09. The minimum Gasteiger partial charge on any atom is -0.370 e. The summed E-state index contributed by atoms with van der Waals surface area (Å²) in [6.07, 6.45) is 7.58. The number of hydrogen-bond acceptors (Lipinski definition) is 5. The van der Waals surface area contributed by atoms with Gasteiger partial charge in [-0.3, -0.25) is 9.69 Å². The van der Waals surface area contributed by atoms with Crippen molar-refractivity contribution in [1.29, 1.82) is 0 Å². The van der Waals surface area contributed by atoms with Crippen LogP contribution in [0.3, 0.4) is 0 Å². The lowest BCUT2D eigenvalue weighted by molar-refractivity contribution is -0.122. The van der Waals surface area contributed by atoms with Crippen LogP contribution in [-0.2, 0) is 19.4 Å². The Morgan fingerprint density at radius 2 is 1.96 bits per heavy atom. The predicted octanol–water partition coefficient (Wildman–Crippen LogP) is 1.52. The predicted molar refractivity (Wildman–Crippen MR) is 99.3 cm³/mol. The van der Waals surface area contributed by atoms with E-state index in [9.17, 15) is 13.2 Å². The van der Waals surface area contributed by atoms with Crippen LogP contribution in [0.1, 0.15) is 46.0 Å². The summed E-state index contributed by atoms with van der Waals surface area (Å²) in [5.74, 6) is -0.318. The molecule has 0 aromatic heterocycles. The average Bonchev–Trinajstić information content (AvgIpc) is 2.93. The Labute approximate surface area is 151 Å². The Morgan fingerprint density at radius 1 is 1.28 bits per heavy atom. The Kier molecular flexibility index (Phi) is 7.05. The molecule has 1 N–H and O–H groups in total. The summed E-state index contributed by atoms with van der Waals surface area (Å²) in [4.78, 5) is 14.2.